The molecule has 1 atom stereocenters. The molecule has 0 spiro atoms. The van der Waals surface area contributed by atoms with Gasteiger partial charge in [-0.25, -0.2) is 8.42 Å². The van der Waals surface area contributed by atoms with Crippen LogP contribution in [0.4, 0.5) is 0 Å². The van der Waals surface area contributed by atoms with Crippen LogP contribution in [-0.2, 0) is 24.1 Å². The summed E-state index contributed by atoms with van der Waals surface area (Å²) in [5, 5.41) is 1.35. The Kier molecular flexibility index (Phi) is 3.50. The molecule has 1 aromatic carbocycles. The Labute approximate surface area is 110 Å². The Morgan fingerprint density at radius 3 is 2.33 bits per heavy atom. The van der Waals surface area contributed by atoms with Crippen molar-refractivity contribution in [1.29, 1.82) is 0 Å². The number of halogens is 1. The largest absolute Gasteiger partial charge is 0.297 e. The fourth-order valence-corrected chi connectivity index (χ4v) is 3.84. The van der Waals surface area contributed by atoms with Crippen molar-refractivity contribution >= 4 is 31.6 Å². The lowest BCUT2D eigenvalue weighted by Gasteiger charge is -2.09. The van der Waals surface area contributed by atoms with Gasteiger partial charge in [0.05, 0.1) is 10.6 Å². The fourth-order valence-electron chi connectivity index (χ4n) is 1.43. The molecule has 1 aliphatic heterocycles. The average molecular weight is 309 g/mol. The van der Waals surface area contributed by atoms with E-state index >= 15 is 0 Å². The molecule has 1 unspecified atom stereocenters. The monoisotopic (exact) mass is 308 g/mol. The molecular formula is C10H9ClO5S2. The molecule has 0 saturated carbocycles. The van der Waals surface area contributed by atoms with Crippen LogP contribution in [0.25, 0.3) is 0 Å². The van der Waals surface area contributed by atoms with Crippen LogP contribution in [-0.4, -0.2) is 28.7 Å². The normalized spacial score (nSPS) is 22.2. The third-order valence-electron chi connectivity index (χ3n) is 2.25. The first-order chi connectivity index (χ1) is 8.28. The average Bonchev–Trinajstić information content (AvgIpc) is 2.57. The SMILES string of the molecule is O=S1(=O)C=CC(OS(=O)(=O)c2ccc(Cl)cc2)C1. The molecule has 18 heavy (non-hydrogen) atoms. The van der Waals surface area contributed by atoms with Crippen LogP contribution >= 0.6 is 11.6 Å². The van der Waals surface area contributed by atoms with Crippen LogP contribution in [0.5, 0.6) is 0 Å². The Hall–Kier alpha value is -0.890. The van der Waals surface area contributed by atoms with Crippen molar-refractivity contribution in [2.24, 2.45) is 0 Å². The van der Waals surface area contributed by atoms with E-state index < -0.39 is 26.1 Å². The van der Waals surface area contributed by atoms with Crippen molar-refractivity contribution in [2.45, 2.75) is 11.0 Å². The minimum atomic E-state index is -3.98. The third-order valence-corrected chi connectivity index (χ3v) is 5.22. The van der Waals surface area contributed by atoms with Crippen molar-refractivity contribution in [3.8, 4) is 0 Å². The summed E-state index contributed by atoms with van der Waals surface area (Å²) in [6.07, 6.45) is 0.235. The van der Waals surface area contributed by atoms with E-state index in [1.165, 1.54) is 30.3 Å². The highest BCUT2D eigenvalue weighted by molar-refractivity contribution is 7.94. The quantitative estimate of drug-likeness (QED) is 0.788. The van der Waals surface area contributed by atoms with E-state index in [9.17, 15) is 16.8 Å². The molecule has 2 rings (SSSR count). The Bertz CT molecular complexity index is 673. The lowest BCUT2D eigenvalue weighted by atomic mass is 10.4. The molecule has 0 aliphatic carbocycles. The van der Waals surface area contributed by atoms with Gasteiger partial charge in [0.25, 0.3) is 10.1 Å². The first-order valence-electron chi connectivity index (χ1n) is 4.88. The van der Waals surface area contributed by atoms with E-state index in [1.807, 2.05) is 0 Å². The molecule has 8 heteroatoms. The second-order valence-corrected chi connectivity index (χ2v) is 7.64. The Balaban J connectivity index is 2.19. The van der Waals surface area contributed by atoms with E-state index in [0.29, 0.717) is 5.02 Å². The predicted octanol–water partition coefficient (Wildman–Crippen LogP) is 1.36. The number of hydrogen-bond acceptors (Lipinski definition) is 5. The first-order valence-corrected chi connectivity index (χ1v) is 8.38. The molecule has 1 aromatic rings. The van der Waals surface area contributed by atoms with Gasteiger partial charge >= 0.3 is 0 Å². The van der Waals surface area contributed by atoms with Gasteiger partial charge in [0.1, 0.15) is 6.10 Å². The van der Waals surface area contributed by atoms with E-state index in [1.54, 1.807) is 0 Å². The maximum absolute atomic E-state index is 11.8. The lowest BCUT2D eigenvalue weighted by Crippen LogP contribution is -2.20. The number of benzene rings is 1. The van der Waals surface area contributed by atoms with E-state index in [0.717, 1.165) is 5.41 Å². The van der Waals surface area contributed by atoms with Crippen molar-refractivity contribution in [3.63, 3.8) is 0 Å². The zero-order chi connectivity index (χ0) is 13.4. The highest BCUT2D eigenvalue weighted by Gasteiger charge is 2.28. The molecular weight excluding hydrogens is 300 g/mol. The molecule has 0 N–H and O–H groups in total. The fraction of sp³-hybridized carbons (Fsp3) is 0.200. The summed E-state index contributed by atoms with van der Waals surface area (Å²) in [4.78, 5) is -0.0652. The van der Waals surface area contributed by atoms with Gasteiger partial charge in [0.2, 0.25) is 0 Å². The standard InChI is InChI=1S/C10H9ClO5S2/c11-8-1-3-10(4-2-8)18(14,15)16-9-5-6-17(12,13)7-9/h1-6,9H,7H2. The highest BCUT2D eigenvalue weighted by atomic mass is 35.5. The molecule has 1 aliphatic rings. The van der Waals surface area contributed by atoms with Crippen molar-refractivity contribution < 1.29 is 21.0 Å². The molecule has 0 radical (unpaired) electrons. The zero-order valence-corrected chi connectivity index (χ0v) is 11.4. The molecule has 5 nitrogen and oxygen atoms in total. The van der Waals surface area contributed by atoms with Gasteiger partial charge in [0, 0.05) is 10.4 Å². The van der Waals surface area contributed by atoms with Crippen LogP contribution in [0.1, 0.15) is 0 Å². The first kappa shape index (κ1) is 13.5. The highest BCUT2D eigenvalue weighted by Crippen LogP contribution is 2.20. The van der Waals surface area contributed by atoms with Gasteiger partial charge in [-0.2, -0.15) is 8.42 Å². The Morgan fingerprint density at radius 2 is 1.83 bits per heavy atom. The van der Waals surface area contributed by atoms with Gasteiger partial charge in [-0.05, 0) is 30.3 Å². The summed E-state index contributed by atoms with van der Waals surface area (Å²) < 4.78 is 50.7. The third kappa shape index (κ3) is 3.11. The minimum Gasteiger partial charge on any atom is -0.258 e. The van der Waals surface area contributed by atoms with Gasteiger partial charge in [-0.3, -0.25) is 4.18 Å². The van der Waals surface area contributed by atoms with E-state index in [2.05, 4.69) is 0 Å². The van der Waals surface area contributed by atoms with E-state index in [4.69, 9.17) is 15.8 Å². The maximum Gasteiger partial charge on any atom is 0.297 e. The number of hydrogen-bond donors (Lipinski definition) is 0. The van der Waals surface area contributed by atoms with Crippen LogP contribution in [0.3, 0.4) is 0 Å². The second-order valence-electron chi connectivity index (χ2n) is 3.70. The topological polar surface area (TPSA) is 77.5 Å². The summed E-state index contributed by atoms with van der Waals surface area (Å²) in [7, 11) is -7.33. The molecule has 0 bridgehead atoms. The maximum atomic E-state index is 11.8. The smallest absolute Gasteiger partial charge is 0.258 e. The predicted molar refractivity (Wildman–Crippen MR) is 66.4 cm³/mol. The van der Waals surface area contributed by atoms with E-state index in [-0.39, 0.29) is 10.6 Å². The summed E-state index contributed by atoms with van der Waals surface area (Å²) in [5.74, 6) is -0.361. The summed E-state index contributed by atoms with van der Waals surface area (Å²) >= 11 is 5.64. The number of sulfone groups is 1. The lowest BCUT2D eigenvalue weighted by molar-refractivity contribution is 0.279. The molecule has 1 heterocycles. The minimum absolute atomic E-state index is 0.0652. The van der Waals surface area contributed by atoms with Gasteiger partial charge in [-0.1, -0.05) is 11.6 Å². The van der Waals surface area contributed by atoms with Crippen LogP contribution in [0.15, 0.2) is 40.6 Å². The molecule has 0 fully saturated rings. The second kappa shape index (κ2) is 4.65. The van der Waals surface area contributed by atoms with Gasteiger partial charge in [0.15, 0.2) is 9.84 Å². The van der Waals surface area contributed by atoms with Crippen LogP contribution < -0.4 is 0 Å². The summed E-state index contributed by atoms with van der Waals surface area (Å²) in [6.45, 7) is 0. The molecule has 0 amide bonds. The number of rotatable bonds is 3. The van der Waals surface area contributed by atoms with Crippen LogP contribution in [0.2, 0.25) is 5.02 Å². The summed E-state index contributed by atoms with van der Waals surface area (Å²) in [5.41, 5.74) is 0. The van der Waals surface area contributed by atoms with Crippen molar-refractivity contribution in [3.05, 3.63) is 40.8 Å². The van der Waals surface area contributed by atoms with Crippen molar-refractivity contribution in [2.75, 3.05) is 5.75 Å². The molecule has 98 valence electrons. The summed E-state index contributed by atoms with van der Waals surface area (Å²) in [6, 6.07) is 5.42. The molecule has 0 aromatic heterocycles. The van der Waals surface area contributed by atoms with Gasteiger partial charge < -0.3 is 0 Å². The van der Waals surface area contributed by atoms with Crippen LogP contribution in [0, 0.1) is 0 Å². The van der Waals surface area contributed by atoms with Gasteiger partial charge in [-0.15, -0.1) is 0 Å². The van der Waals surface area contributed by atoms with Crippen molar-refractivity contribution in [1.82, 2.24) is 0 Å². The Morgan fingerprint density at radius 1 is 1.22 bits per heavy atom. The zero-order valence-electron chi connectivity index (χ0n) is 8.98. The molecule has 0 saturated heterocycles.